The van der Waals surface area contributed by atoms with Crippen LogP contribution in [0.4, 0.5) is 10.6 Å². The molecule has 0 aliphatic carbocycles. The number of carbonyl (C=O) groups excluding carboxylic acids is 1. The zero-order valence-corrected chi connectivity index (χ0v) is 14.6. The Kier molecular flexibility index (Phi) is 5.01. The van der Waals surface area contributed by atoms with Crippen LogP contribution in [0, 0.1) is 0 Å². The molecule has 2 aromatic heterocycles. The van der Waals surface area contributed by atoms with E-state index < -0.39 is 0 Å². The summed E-state index contributed by atoms with van der Waals surface area (Å²) in [7, 11) is 0. The Hall–Kier alpha value is -2.61. The Bertz CT molecular complexity index is 730. The highest BCUT2D eigenvalue weighted by Crippen LogP contribution is 2.25. The monoisotopic (exact) mass is 357 g/mol. The minimum Gasteiger partial charge on any atom is -0.467 e. The highest BCUT2D eigenvalue weighted by molar-refractivity contribution is 5.75. The SMILES string of the molecule is O=C(N1CCCC1)N1CCOC[C@H]1c1nccc(NCc2ccco2)n1. The zero-order valence-electron chi connectivity index (χ0n) is 14.6. The highest BCUT2D eigenvalue weighted by atomic mass is 16.5. The van der Waals surface area contributed by atoms with Crippen LogP contribution in [0.1, 0.15) is 30.5 Å². The second kappa shape index (κ2) is 7.74. The van der Waals surface area contributed by atoms with Gasteiger partial charge in [-0.3, -0.25) is 0 Å². The lowest BCUT2D eigenvalue weighted by atomic mass is 10.2. The van der Waals surface area contributed by atoms with Gasteiger partial charge in [0, 0.05) is 25.8 Å². The van der Waals surface area contributed by atoms with Crippen molar-refractivity contribution in [3.63, 3.8) is 0 Å². The van der Waals surface area contributed by atoms with Crippen molar-refractivity contribution in [1.82, 2.24) is 19.8 Å². The second-order valence-electron chi connectivity index (χ2n) is 6.49. The average molecular weight is 357 g/mol. The van der Waals surface area contributed by atoms with Crippen LogP contribution >= 0.6 is 0 Å². The fraction of sp³-hybridized carbons (Fsp3) is 0.500. The molecule has 0 radical (unpaired) electrons. The third kappa shape index (κ3) is 3.65. The molecule has 8 heteroatoms. The van der Waals surface area contributed by atoms with Gasteiger partial charge in [-0.25, -0.2) is 14.8 Å². The van der Waals surface area contributed by atoms with Gasteiger partial charge in [0.15, 0.2) is 5.82 Å². The van der Waals surface area contributed by atoms with E-state index in [4.69, 9.17) is 9.15 Å². The van der Waals surface area contributed by atoms with E-state index >= 15 is 0 Å². The number of ether oxygens (including phenoxy) is 1. The highest BCUT2D eigenvalue weighted by Gasteiger charge is 2.34. The number of hydrogen-bond donors (Lipinski definition) is 1. The Labute approximate surface area is 152 Å². The second-order valence-corrected chi connectivity index (χ2v) is 6.49. The summed E-state index contributed by atoms with van der Waals surface area (Å²) in [6, 6.07) is 5.36. The quantitative estimate of drug-likeness (QED) is 0.904. The van der Waals surface area contributed by atoms with E-state index in [0.29, 0.717) is 37.9 Å². The first kappa shape index (κ1) is 16.8. The number of morpholine rings is 1. The summed E-state index contributed by atoms with van der Waals surface area (Å²) >= 11 is 0. The Morgan fingerprint density at radius 1 is 1.27 bits per heavy atom. The molecule has 1 N–H and O–H groups in total. The molecule has 8 nitrogen and oxygen atoms in total. The minimum absolute atomic E-state index is 0.0633. The maximum absolute atomic E-state index is 12.9. The van der Waals surface area contributed by atoms with Crippen LogP contribution in [-0.4, -0.2) is 58.6 Å². The third-order valence-electron chi connectivity index (χ3n) is 4.75. The molecule has 0 saturated carbocycles. The number of anilines is 1. The minimum atomic E-state index is -0.262. The Balaban J connectivity index is 1.48. The number of aromatic nitrogens is 2. The maximum Gasteiger partial charge on any atom is 0.320 e. The Morgan fingerprint density at radius 3 is 2.96 bits per heavy atom. The fourth-order valence-corrected chi connectivity index (χ4v) is 3.36. The zero-order chi connectivity index (χ0) is 17.8. The molecular weight excluding hydrogens is 334 g/mol. The van der Waals surface area contributed by atoms with Crippen LogP contribution in [-0.2, 0) is 11.3 Å². The number of furan rings is 1. The summed E-state index contributed by atoms with van der Waals surface area (Å²) in [5.74, 6) is 2.13. The fourth-order valence-electron chi connectivity index (χ4n) is 3.36. The first-order valence-corrected chi connectivity index (χ1v) is 9.04. The van der Waals surface area contributed by atoms with Crippen molar-refractivity contribution >= 4 is 11.8 Å². The van der Waals surface area contributed by atoms with Crippen LogP contribution in [0.3, 0.4) is 0 Å². The molecular formula is C18H23N5O3. The lowest BCUT2D eigenvalue weighted by Gasteiger charge is -2.37. The molecule has 2 aliphatic rings. The van der Waals surface area contributed by atoms with Gasteiger partial charge in [0.1, 0.15) is 17.6 Å². The van der Waals surface area contributed by atoms with E-state index in [2.05, 4.69) is 15.3 Å². The van der Waals surface area contributed by atoms with Crippen molar-refractivity contribution in [2.45, 2.75) is 25.4 Å². The molecule has 2 aromatic rings. The molecule has 0 unspecified atom stereocenters. The van der Waals surface area contributed by atoms with Gasteiger partial charge >= 0.3 is 6.03 Å². The summed E-state index contributed by atoms with van der Waals surface area (Å²) in [4.78, 5) is 25.6. The van der Waals surface area contributed by atoms with Crippen LogP contribution < -0.4 is 5.32 Å². The van der Waals surface area contributed by atoms with Gasteiger partial charge in [-0.1, -0.05) is 0 Å². The molecule has 4 rings (SSSR count). The van der Waals surface area contributed by atoms with Crippen molar-refractivity contribution in [3.05, 3.63) is 42.2 Å². The number of amides is 2. The van der Waals surface area contributed by atoms with E-state index in [-0.39, 0.29) is 12.1 Å². The van der Waals surface area contributed by atoms with E-state index in [0.717, 1.165) is 31.7 Å². The van der Waals surface area contributed by atoms with Gasteiger partial charge in [0.2, 0.25) is 0 Å². The summed E-state index contributed by atoms with van der Waals surface area (Å²) in [5.41, 5.74) is 0. The number of hydrogen-bond acceptors (Lipinski definition) is 6. The van der Waals surface area contributed by atoms with Crippen molar-refractivity contribution in [3.8, 4) is 0 Å². The molecule has 2 fully saturated rings. The van der Waals surface area contributed by atoms with Crippen molar-refractivity contribution in [1.29, 1.82) is 0 Å². The number of nitrogens with one attached hydrogen (secondary N) is 1. The first-order chi connectivity index (χ1) is 12.8. The molecule has 2 amide bonds. The molecule has 0 aromatic carbocycles. The van der Waals surface area contributed by atoms with Crippen LogP contribution in [0.25, 0.3) is 0 Å². The number of urea groups is 1. The maximum atomic E-state index is 12.9. The lowest BCUT2D eigenvalue weighted by molar-refractivity contribution is 0.00163. The van der Waals surface area contributed by atoms with E-state index in [1.54, 1.807) is 12.5 Å². The van der Waals surface area contributed by atoms with Crippen LogP contribution in [0.2, 0.25) is 0 Å². The molecule has 138 valence electrons. The normalized spacial score (nSPS) is 20.4. The van der Waals surface area contributed by atoms with Crippen LogP contribution in [0.5, 0.6) is 0 Å². The van der Waals surface area contributed by atoms with Gasteiger partial charge in [0.05, 0.1) is 26.0 Å². The number of rotatable bonds is 4. The molecule has 26 heavy (non-hydrogen) atoms. The number of likely N-dealkylation sites (tertiary alicyclic amines) is 1. The van der Waals surface area contributed by atoms with E-state index in [1.165, 1.54) is 0 Å². The van der Waals surface area contributed by atoms with E-state index in [9.17, 15) is 4.79 Å². The molecule has 1 atom stereocenters. The van der Waals surface area contributed by atoms with Gasteiger partial charge < -0.3 is 24.3 Å². The molecule has 2 saturated heterocycles. The summed E-state index contributed by atoms with van der Waals surface area (Å²) in [5, 5.41) is 3.23. The largest absolute Gasteiger partial charge is 0.467 e. The molecule has 4 heterocycles. The first-order valence-electron chi connectivity index (χ1n) is 9.04. The smallest absolute Gasteiger partial charge is 0.320 e. The van der Waals surface area contributed by atoms with E-state index in [1.807, 2.05) is 28.0 Å². The Morgan fingerprint density at radius 2 is 2.15 bits per heavy atom. The van der Waals surface area contributed by atoms with Gasteiger partial charge in [-0.05, 0) is 31.0 Å². The van der Waals surface area contributed by atoms with Crippen molar-refractivity contribution in [2.24, 2.45) is 0 Å². The van der Waals surface area contributed by atoms with Crippen molar-refractivity contribution < 1.29 is 13.9 Å². The third-order valence-corrected chi connectivity index (χ3v) is 4.75. The number of carbonyl (C=O) groups is 1. The predicted octanol–water partition coefficient (Wildman–Crippen LogP) is 2.27. The van der Waals surface area contributed by atoms with Gasteiger partial charge in [-0.2, -0.15) is 0 Å². The summed E-state index contributed by atoms with van der Waals surface area (Å²) in [6.07, 6.45) is 5.50. The molecule has 0 bridgehead atoms. The molecule has 2 aliphatic heterocycles. The number of nitrogens with zero attached hydrogens (tertiary/aromatic N) is 4. The topological polar surface area (TPSA) is 83.7 Å². The molecule has 0 spiro atoms. The van der Waals surface area contributed by atoms with Crippen molar-refractivity contribution in [2.75, 3.05) is 38.2 Å². The van der Waals surface area contributed by atoms with Gasteiger partial charge in [0.25, 0.3) is 0 Å². The standard InChI is InChI=1S/C18H23N5O3/c24-18(22-7-1-2-8-22)23-9-11-25-13-15(23)17-19-6-5-16(21-17)20-12-14-4-3-10-26-14/h3-6,10,15H,1-2,7-9,11-13H2,(H,19,20,21)/t15-/m0/s1. The summed E-state index contributed by atoms with van der Waals surface area (Å²) < 4.78 is 10.9. The van der Waals surface area contributed by atoms with Crippen LogP contribution in [0.15, 0.2) is 35.1 Å². The lowest BCUT2D eigenvalue weighted by Crippen LogP contribution is -2.49. The average Bonchev–Trinajstić information content (AvgIpc) is 3.40. The van der Waals surface area contributed by atoms with Gasteiger partial charge in [-0.15, -0.1) is 0 Å². The summed E-state index contributed by atoms with van der Waals surface area (Å²) in [6.45, 7) is 3.73. The predicted molar refractivity (Wildman–Crippen MR) is 94.5 cm³/mol.